The van der Waals surface area contributed by atoms with Crippen molar-refractivity contribution >= 4 is 79.4 Å². The Kier molecular flexibility index (Phi) is 4.04. The van der Waals surface area contributed by atoms with Crippen molar-refractivity contribution in [2.75, 3.05) is 5.73 Å². The lowest BCUT2D eigenvalue weighted by Gasteiger charge is -2.07. The third-order valence-corrected chi connectivity index (χ3v) is 6.52. The quantitative estimate of drug-likeness (QED) is 0.344. The highest BCUT2D eigenvalue weighted by Crippen LogP contribution is 2.28. The Bertz CT molecular complexity index is 378. The lowest BCUT2D eigenvalue weighted by Crippen LogP contribution is -2.07. The second-order valence-electron chi connectivity index (χ2n) is 2.26. The number of hydrogen-bond donors (Lipinski definition) is 2. The molecule has 0 unspecified atom stereocenters. The molecule has 6 heteroatoms. The van der Waals surface area contributed by atoms with Crippen molar-refractivity contribution in [3.63, 3.8) is 0 Å². The van der Waals surface area contributed by atoms with E-state index in [-0.39, 0.29) is 5.56 Å². The molecule has 0 amide bonds. The first-order valence-corrected chi connectivity index (χ1v) is 6.35. The SMILES string of the molecule is Nc1cc(I)c(I)c(I)c1C(=O)O. The monoisotopic (exact) mass is 515 g/mol. The second-order valence-corrected chi connectivity index (χ2v) is 5.58. The second kappa shape index (κ2) is 4.47. The molecular weight excluding hydrogens is 511 g/mol. The van der Waals surface area contributed by atoms with Gasteiger partial charge >= 0.3 is 5.97 Å². The minimum absolute atomic E-state index is 0.199. The Morgan fingerprint density at radius 3 is 2.31 bits per heavy atom. The number of nitrogen functional groups attached to an aromatic ring is 1. The maximum absolute atomic E-state index is 10.8. The van der Waals surface area contributed by atoms with E-state index in [2.05, 4.69) is 45.2 Å². The molecule has 1 aromatic carbocycles. The van der Waals surface area contributed by atoms with Crippen LogP contribution in [0.3, 0.4) is 0 Å². The molecule has 0 aliphatic carbocycles. The molecule has 13 heavy (non-hydrogen) atoms. The van der Waals surface area contributed by atoms with Crippen molar-refractivity contribution in [1.29, 1.82) is 0 Å². The number of benzene rings is 1. The van der Waals surface area contributed by atoms with E-state index >= 15 is 0 Å². The number of carboxylic acid groups (broad SMARTS) is 1. The summed E-state index contributed by atoms with van der Waals surface area (Å²) in [4.78, 5) is 10.8. The van der Waals surface area contributed by atoms with Crippen LogP contribution in [0.2, 0.25) is 0 Å². The van der Waals surface area contributed by atoms with Crippen molar-refractivity contribution in [3.8, 4) is 0 Å². The Morgan fingerprint density at radius 1 is 1.31 bits per heavy atom. The van der Waals surface area contributed by atoms with Gasteiger partial charge in [0.15, 0.2) is 0 Å². The van der Waals surface area contributed by atoms with Gasteiger partial charge in [0.1, 0.15) is 0 Å². The third kappa shape index (κ3) is 2.37. The summed E-state index contributed by atoms with van der Waals surface area (Å²) in [6.45, 7) is 0. The highest BCUT2D eigenvalue weighted by atomic mass is 127. The number of rotatable bonds is 1. The van der Waals surface area contributed by atoms with E-state index in [1.165, 1.54) is 0 Å². The van der Waals surface area contributed by atoms with E-state index in [1.807, 2.05) is 22.6 Å². The Labute approximate surface area is 116 Å². The summed E-state index contributed by atoms with van der Waals surface area (Å²) in [6.07, 6.45) is 0. The first-order valence-electron chi connectivity index (χ1n) is 3.11. The number of hydrogen-bond acceptors (Lipinski definition) is 2. The maximum atomic E-state index is 10.8. The molecular formula is C7H4I3NO2. The zero-order valence-electron chi connectivity index (χ0n) is 6.14. The zero-order chi connectivity index (χ0) is 10.2. The zero-order valence-corrected chi connectivity index (χ0v) is 12.6. The van der Waals surface area contributed by atoms with Gasteiger partial charge in [0, 0.05) is 16.4 Å². The average molecular weight is 515 g/mol. The molecule has 0 aromatic heterocycles. The van der Waals surface area contributed by atoms with Crippen molar-refractivity contribution in [3.05, 3.63) is 22.3 Å². The van der Waals surface area contributed by atoms with Crippen LogP contribution in [0.15, 0.2) is 6.07 Å². The van der Waals surface area contributed by atoms with E-state index in [0.29, 0.717) is 9.26 Å². The fourth-order valence-electron chi connectivity index (χ4n) is 0.831. The van der Waals surface area contributed by atoms with Crippen LogP contribution < -0.4 is 5.73 Å². The first-order chi connectivity index (χ1) is 5.95. The minimum Gasteiger partial charge on any atom is -0.478 e. The molecule has 0 bridgehead atoms. The van der Waals surface area contributed by atoms with Gasteiger partial charge in [-0.05, 0) is 73.8 Å². The predicted molar refractivity (Wildman–Crippen MR) is 76.0 cm³/mol. The normalized spacial score (nSPS) is 10.1. The maximum Gasteiger partial charge on any atom is 0.338 e. The third-order valence-electron chi connectivity index (χ3n) is 1.41. The average Bonchev–Trinajstić information content (AvgIpc) is 1.99. The van der Waals surface area contributed by atoms with Crippen molar-refractivity contribution in [2.24, 2.45) is 0 Å². The molecule has 0 saturated heterocycles. The topological polar surface area (TPSA) is 63.3 Å². The molecule has 70 valence electrons. The lowest BCUT2D eigenvalue weighted by atomic mass is 10.2. The fraction of sp³-hybridized carbons (Fsp3) is 0. The smallest absolute Gasteiger partial charge is 0.338 e. The van der Waals surface area contributed by atoms with E-state index in [1.54, 1.807) is 6.07 Å². The molecule has 3 nitrogen and oxygen atoms in total. The number of carbonyl (C=O) groups is 1. The van der Waals surface area contributed by atoms with Gasteiger partial charge in [-0.3, -0.25) is 0 Å². The number of carboxylic acids is 1. The van der Waals surface area contributed by atoms with Gasteiger partial charge in [0.2, 0.25) is 0 Å². The van der Waals surface area contributed by atoms with Crippen LogP contribution in [0.1, 0.15) is 10.4 Å². The van der Waals surface area contributed by atoms with Crippen LogP contribution in [0.5, 0.6) is 0 Å². The molecule has 0 aliphatic heterocycles. The number of nitrogens with two attached hydrogens (primary N) is 1. The van der Waals surface area contributed by atoms with E-state index in [9.17, 15) is 4.79 Å². The van der Waals surface area contributed by atoms with E-state index in [4.69, 9.17) is 10.8 Å². The van der Waals surface area contributed by atoms with Crippen molar-refractivity contribution in [1.82, 2.24) is 0 Å². The Morgan fingerprint density at radius 2 is 1.85 bits per heavy atom. The molecule has 0 fully saturated rings. The molecule has 3 N–H and O–H groups in total. The predicted octanol–water partition coefficient (Wildman–Crippen LogP) is 2.78. The van der Waals surface area contributed by atoms with Crippen LogP contribution in [0.25, 0.3) is 0 Å². The molecule has 0 atom stereocenters. The minimum atomic E-state index is -0.976. The number of aromatic carboxylic acids is 1. The van der Waals surface area contributed by atoms with Crippen LogP contribution in [0.4, 0.5) is 5.69 Å². The Hall–Kier alpha value is 0.680. The largest absolute Gasteiger partial charge is 0.478 e. The van der Waals surface area contributed by atoms with Gasteiger partial charge in [0.25, 0.3) is 0 Å². The summed E-state index contributed by atoms with van der Waals surface area (Å²) >= 11 is 6.24. The summed E-state index contributed by atoms with van der Waals surface area (Å²) in [6, 6.07) is 1.67. The number of halogens is 3. The van der Waals surface area contributed by atoms with Crippen LogP contribution in [-0.2, 0) is 0 Å². The summed E-state index contributed by atoms with van der Waals surface area (Å²) in [5.74, 6) is -0.976. The summed E-state index contributed by atoms with van der Waals surface area (Å²) in [5.41, 5.74) is 6.12. The standard InChI is InChI=1S/C7H4I3NO2/c8-2-1-3(11)4(7(12)13)6(10)5(2)9/h1H,11H2,(H,12,13). The van der Waals surface area contributed by atoms with Crippen molar-refractivity contribution in [2.45, 2.75) is 0 Å². The van der Waals surface area contributed by atoms with E-state index < -0.39 is 5.97 Å². The van der Waals surface area contributed by atoms with E-state index in [0.717, 1.165) is 7.14 Å². The highest BCUT2D eigenvalue weighted by Gasteiger charge is 2.16. The van der Waals surface area contributed by atoms with Crippen LogP contribution in [-0.4, -0.2) is 11.1 Å². The summed E-state index contributed by atoms with van der Waals surface area (Å²) in [7, 11) is 0. The summed E-state index contributed by atoms with van der Waals surface area (Å²) < 4.78 is 2.62. The molecule has 0 heterocycles. The molecule has 1 rings (SSSR count). The van der Waals surface area contributed by atoms with Crippen LogP contribution in [0, 0.1) is 10.7 Å². The lowest BCUT2D eigenvalue weighted by molar-refractivity contribution is 0.0697. The molecule has 0 aliphatic rings. The number of anilines is 1. The molecule has 0 radical (unpaired) electrons. The molecule has 0 spiro atoms. The summed E-state index contributed by atoms with van der Waals surface area (Å²) in [5, 5.41) is 8.87. The Balaban J connectivity index is 3.53. The van der Waals surface area contributed by atoms with Gasteiger partial charge in [-0.2, -0.15) is 0 Å². The first kappa shape index (κ1) is 11.8. The highest BCUT2D eigenvalue weighted by molar-refractivity contribution is 14.1. The van der Waals surface area contributed by atoms with Gasteiger partial charge in [-0.25, -0.2) is 4.79 Å². The van der Waals surface area contributed by atoms with Crippen LogP contribution >= 0.6 is 67.8 Å². The van der Waals surface area contributed by atoms with Gasteiger partial charge in [0.05, 0.1) is 5.56 Å². The van der Waals surface area contributed by atoms with Gasteiger partial charge in [-0.1, -0.05) is 0 Å². The van der Waals surface area contributed by atoms with Crippen molar-refractivity contribution < 1.29 is 9.90 Å². The fourth-order valence-corrected chi connectivity index (χ4v) is 3.21. The molecule has 1 aromatic rings. The molecule has 0 saturated carbocycles. The van der Waals surface area contributed by atoms with Gasteiger partial charge in [-0.15, -0.1) is 0 Å². The van der Waals surface area contributed by atoms with Gasteiger partial charge < -0.3 is 10.8 Å².